The SMILES string of the molecule is CCOc1ncccc1NC(=O)c1ccc(OC)c(-c2ccccn2)c1. The minimum absolute atomic E-state index is 0.265. The van der Waals surface area contributed by atoms with Gasteiger partial charge in [-0.15, -0.1) is 0 Å². The van der Waals surface area contributed by atoms with Gasteiger partial charge in [0, 0.05) is 23.5 Å². The van der Waals surface area contributed by atoms with Gasteiger partial charge in [0.25, 0.3) is 5.91 Å². The number of nitrogens with one attached hydrogen (secondary N) is 1. The van der Waals surface area contributed by atoms with Gasteiger partial charge in [-0.3, -0.25) is 9.78 Å². The molecule has 2 aromatic heterocycles. The summed E-state index contributed by atoms with van der Waals surface area (Å²) in [4.78, 5) is 21.2. The molecule has 3 aromatic rings. The predicted octanol–water partition coefficient (Wildman–Crippen LogP) is 3.80. The molecule has 1 aromatic carbocycles. The molecule has 0 saturated carbocycles. The predicted molar refractivity (Wildman–Crippen MR) is 99.6 cm³/mol. The van der Waals surface area contributed by atoms with E-state index >= 15 is 0 Å². The second-order valence-electron chi connectivity index (χ2n) is 5.37. The lowest BCUT2D eigenvalue weighted by Crippen LogP contribution is -2.13. The summed E-state index contributed by atoms with van der Waals surface area (Å²) in [6, 6.07) is 14.3. The summed E-state index contributed by atoms with van der Waals surface area (Å²) in [5, 5.41) is 2.84. The maximum absolute atomic E-state index is 12.7. The van der Waals surface area contributed by atoms with Gasteiger partial charge in [-0.1, -0.05) is 6.07 Å². The number of amides is 1. The van der Waals surface area contributed by atoms with E-state index in [0.717, 1.165) is 11.3 Å². The van der Waals surface area contributed by atoms with E-state index in [1.165, 1.54) is 0 Å². The molecule has 0 unspecified atom stereocenters. The first-order valence-electron chi connectivity index (χ1n) is 8.21. The maximum Gasteiger partial charge on any atom is 0.255 e. The Labute approximate surface area is 151 Å². The summed E-state index contributed by atoms with van der Waals surface area (Å²) in [6.07, 6.45) is 3.32. The quantitative estimate of drug-likeness (QED) is 0.733. The topological polar surface area (TPSA) is 73.3 Å². The van der Waals surface area contributed by atoms with Gasteiger partial charge in [0.15, 0.2) is 0 Å². The number of aromatic nitrogens is 2. The fraction of sp³-hybridized carbons (Fsp3) is 0.150. The van der Waals surface area contributed by atoms with Crippen molar-refractivity contribution in [2.75, 3.05) is 19.0 Å². The second kappa shape index (κ2) is 8.11. The van der Waals surface area contributed by atoms with Crippen LogP contribution in [-0.4, -0.2) is 29.6 Å². The molecule has 1 amide bonds. The van der Waals surface area contributed by atoms with Gasteiger partial charge in [0.05, 0.1) is 19.4 Å². The number of pyridine rings is 2. The Morgan fingerprint density at radius 2 is 1.92 bits per heavy atom. The molecule has 0 aliphatic heterocycles. The molecular weight excluding hydrogens is 330 g/mol. The summed E-state index contributed by atoms with van der Waals surface area (Å²) in [5.74, 6) is 0.775. The molecule has 0 aliphatic rings. The number of anilines is 1. The smallest absolute Gasteiger partial charge is 0.255 e. The van der Waals surface area contributed by atoms with Crippen LogP contribution in [-0.2, 0) is 0 Å². The first-order valence-corrected chi connectivity index (χ1v) is 8.21. The zero-order valence-electron chi connectivity index (χ0n) is 14.6. The Bertz CT molecular complexity index is 898. The van der Waals surface area contributed by atoms with E-state index in [4.69, 9.17) is 9.47 Å². The lowest BCUT2D eigenvalue weighted by Gasteiger charge is -2.12. The number of rotatable bonds is 6. The van der Waals surface area contributed by atoms with Crippen molar-refractivity contribution in [2.24, 2.45) is 0 Å². The summed E-state index contributed by atoms with van der Waals surface area (Å²) >= 11 is 0. The highest BCUT2D eigenvalue weighted by Gasteiger charge is 2.14. The highest BCUT2D eigenvalue weighted by atomic mass is 16.5. The lowest BCUT2D eigenvalue weighted by molar-refractivity contribution is 0.102. The summed E-state index contributed by atoms with van der Waals surface area (Å²) in [7, 11) is 1.59. The number of hydrogen-bond donors (Lipinski definition) is 1. The maximum atomic E-state index is 12.7. The zero-order chi connectivity index (χ0) is 18.4. The van der Waals surface area contributed by atoms with Crippen LogP contribution >= 0.6 is 0 Å². The first-order chi connectivity index (χ1) is 12.7. The van der Waals surface area contributed by atoms with Crippen molar-refractivity contribution in [1.29, 1.82) is 0 Å². The third kappa shape index (κ3) is 3.80. The van der Waals surface area contributed by atoms with Gasteiger partial charge < -0.3 is 14.8 Å². The van der Waals surface area contributed by atoms with Crippen LogP contribution in [0.5, 0.6) is 11.6 Å². The van der Waals surface area contributed by atoms with Crippen molar-refractivity contribution in [3.8, 4) is 22.9 Å². The Morgan fingerprint density at radius 3 is 2.65 bits per heavy atom. The number of nitrogens with zero attached hydrogens (tertiary/aromatic N) is 2. The normalized spacial score (nSPS) is 10.2. The van der Waals surface area contributed by atoms with Crippen LogP contribution in [0.4, 0.5) is 5.69 Å². The number of methoxy groups -OCH3 is 1. The van der Waals surface area contributed by atoms with E-state index in [1.807, 2.05) is 25.1 Å². The molecule has 0 fully saturated rings. The average Bonchev–Trinajstić information content (AvgIpc) is 2.70. The lowest BCUT2D eigenvalue weighted by atomic mass is 10.1. The Hall–Kier alpha value is -3.41. The average molecular weight is 349 g/mol. The van der Waals surface area contributed by atoms with Crippen molar-refractivity contribution in [1.82, 2.24) is 9.97 Å². The summed E-state index contributed by atoms with van der Waals surface area (Å²) in [5.41, 5.74) is 2.49. The van der Waals surface area contributed by atoms with Gasteiger partial charge in [-0.05, 0) is 49.4 Å². The van der Waals surface area contributed by atoms with E-state index in [0.29, 0.717) is 29.5 Å². The van der Waals surface area contributed by atoms with Crippen LogP contribution < -0.4 is 14.8 Å². The molecule has 6 nitrogen and oxygen atoms in total. The number of carbonyl (C=O) groups is 1. The van der Waals surface area contributed by atoms with Gasteiger partial charge in [0.2, 0.25) is 5.88 Å². The van der Waals surface area contributed by atoms with Crippen LogP contribution in [0, 0.1) is 0 Å². The third-order valence-electron chi connectivity index (χ3n) is 3.70. The molecule has 0 radical (unpaired) electrons. The molecule has 0 saturated heterocycles. The summed E-state index contributed by atoms with van der Waals surface area (Å²) < 4.78 is 10.8. The molecule has 3 rings (SSSR count). The molecule has 0 spiro atoms. The van der Waals surface area contributed by atoms with Crippen molar-refractivity contribution in [3.05, 3.63) is 66.5 Å². The van der Waals surface area contributed by atoms with Crippen molar-refractivity contribution in [2.45, 2.75) is 6.92 Å². The van der Waals surface area contributed by atoms with Crippen molar-refractivity contribution in [3.63, 3.8) is 0 Å². The molecule has 0 bridgehead atoms. The molecular formula is C20H19N3O3. The van der Waals surface area contributed by atoms with Gasteiger partial charge in [-0.2, -0.15) is 0 Å². The Kier molecular flexibility index (Phi) is 5.43. The summed E-state index contributed by atoms with van der Waals surface area (Å²) in [6.45, 7) is 2.33. The molecule has 6 heteroatoms. The molecule has 2 heterocycles. The number of carbonyl (C=O) groups excluding carboxylic acids is 1. The largest absolute Gasteiger partial charge is 0.496 e. The molecule has 132 valence electrons. The van der Waals surface area contributed by atoms with Gasteiger partial charge in [0.1, 0.15) is 11.4 Å². The second-order valence-corrected chi connectivity index (χ2v) is 5.37. The van der Waals surface area contributed by atoms with E-state index in [-0.39, 0.29) is 5.91 Å². The number of ether oxygens (including phenoxy) is 2. The van der Waals surface area contributed by atoms with Crippen LogP contribution in [0.3, 0.4) is 0 Å². The number of benzene rings is 1. The van der Waals surface area contributed by atoms with E-state index in [9.17, 15) is 4.79 Å². The fourth-order valence-electron chi connectivity index (χ4n) is 2.50. The van der Waals surface area contributed by atoms with Crippen LogP contribution in [0.1, 0.15) is 17.3 Å². The molecule has 1 N–H and O–H groups in total. The molecule has 26 heavy (non-hydrogen) atoms. The monoisotopic (exact) mass is 349 g/mol. The Morgan fingerprint density at radius 1 is 1.08 bits per heavy atom. The van der Waals surface area contributed by atoms with Crippen LogP contribution in [0.15, 0.2) is 60.9 Å². The molecule has 0 atom stereocenters. The zero-order valence-corrected chi connectivity index (χ0v) is 14.6. The van der Waals surface area contributed by atoms with E-state index in [1.54, 1.807) is 49.8 Å². The van der Waals surface area contributed by atoms with Crippen molar-refractivity contribution < 1.29 is 14.3 Å². The van der Waals surface area contributed by atoms with E-state index in [2.05, 4.69) is 15.3 Å². The standard InChI is InChI=1S/C20H19N3O3/c1-3-26-20-17(8-6-12-22-20)23-19(24)14-9-10-18(25-2)15(13-14)16-7-4-5-11-21-16/h4-13H,3H2,1-2H3,(H,23,24). The first kappa shape index (κ1) is 17.4. The minimum Gasteiger partial charge on any atom is -0.496 e. The van der Waals surface area contributed by atoms with Gasteiger partial charge in [-0.25, -0.2) is 4.98 Å². The highest BCUT2D eigenvalue weighted by molar-refractivity contribution is 6.05. The fourth-order valence-corrected chi connectivity index (χ4v) is 2.50. The highest BCUT2D eigenvalue weighted by Crippen LogP contribution is 2.30. The Balaban J connectivity index is 1.91. The third-order valence-corrected chi connectivity index (χ3v) is 3.70. The van der Waals surface area contributed by atoms with Gasteiger partial charge >= 0.3 is 0 Å². The van der Waals surface area contributed by atoms with Crippen molar-refractivity contribution >= 4 is 11.6 Å². The van der Waals surface area contributed by atoms with Crippen LogP contribution in [0.25, 0.3) is 11.3 Å². The molecule has 0 aliphatic carbocycles. The van der Waals surface area contributed by atoms with Crippen LogP contribution in [0.2, 0.25) is 0 Å². The minimum atomic E-state index is -0.265. The van der Waals surface area contributed by atoms with E-state index < -0.39 is 0 Å². The number of hydrogen-bond acceptors (Lipinski definition) is 5.